The molecule has 1 N–H and O–H groups in total. The van der Waals surface area contributed by atoms with Crippen molar-refractivity contribution in [3.63, 3.8) is 0 Å². The summed E-state index contributed by atoms with van der Waals surface area (Å²) in [6, 6.07) is 9.64. The Bertz CT molecular complexity index is 358. The first kappa shape index (κ1) is 9.20. The summed E-state index contributed by atoms with van der Waals surface area (Å²) >= 11 is 0. The summed E-state index contributed by atoms with van der Waals surface area (Å²) in [5, 5.41) is 8.66. The maximum absolute atomic E-state index is 8.66. The molecule has 14 heavy (non-hydrogen) atoms. The van der Waals surface area contributed by atoms with Gasteiger partial charge < -0.3 is 0 Å². The van der Waals surface area contributed by atoms with Crippen molar-refractivity contribution >= 4 is 0 Å². The van der Waals surface area contributed by atoms with E-state index >= 15 is 0 Å². The van der Waals surface area contributed by atoms with Gasteiger partial charge in [0, 0.05) is 6.42 Å². The van der Waals surface area contributed by atoms with Gasteiger partial charge in [0.15, 0.2) is 0 Å². The molecule has 0 aromatic heterocycles. The largest absolute Gasteiger partial charge is 0.295 e. The monoisotopic (exact) mass is 187 g/mol. The van der Waals surface area contributed by atoms with Crippen LogP contribution in [0.2, 0.25) is 0 Å². The van der Waals surface area contributed by atoms with Crippen LogP contribution in [0.3, 0.4) is 0 Å². The molecule has 1 radical (unpaired) electrons. The Morgan fingerprint density at radius 1 is 1.43 bits per heavy atom. The summed E-state index contributed by atoms with van der Waals surface area (Å²) in [7, 11) is 0. The first-order chi connectivity index (χ1) is 6.74. The SMILES string of the molecule is CC1(c2ccc(C#N)cc2)C[CH]ON1. The predicted octanol–water partition coefficient (Wildman–Crippen LogP) is 1.86. The molecule has 71 valence electrons. The molecule has 1 atom stereocenters. The Morgan fingerprint density at radius 2 is 2.14 bits per heavy atom. The topological polar surface area (TPSA) is 45.0 Å². The molecule has 0 amide bonds. The lowest BCUT2D eigenvalue weighted by molar-refractivity contribution is 0.0967. The van der Waals surface area contributed by atoms with E-state index in [-0.39, 0.29) is 5.54 Å². The van der Waals surface area contributed by atoms with Crippen molar-refractivity contribution in [1.82, 2.24) is 5.48 Å². The van der Waals surface area contributed by atoms with E-state index in [4.69, 9.17) is 10.1 Å². The van der Waals surface area contributed by atoms with Crippen LogP contribution in [0.5, 0.6) is 0 Å². The summed E-state index contributed by atoms with van der Waals surface area (Å²) in [6.45, 7) is 3.82. The summed E-state index contributed by atoms with van der Waals surface area (Å²) in [4.78, 5) is 5.03. The lowest BCUT2D eigenvalue weighted by Crippen LogP contribution is -2.32. The molecule has 1 saturated heterocycles. The Morgan fingerprint density at radius 3 is 2.64 bits per heavy atom. The molecule has 1 aliphatic heterocycles. The zero-order chi connectivity index (χ0) is 10.0. The van der Waals surface area contributed by atoms with Gasteiger partial charge in [0.1, 0.15) is 6.61 Å². The molecule has 1 heterocycles. The second-order valence-electron chi connectivity index (χ2n) is 3.61. The minimum atomic E-state index is -0.159. The predicted molar refractivity (Wildman–Crippen MR) is 51.6 cm³/mol. The fourth-order valence-electron chi connectivity index (χ4n) is 1.51. The maximum atomic E-state index is 8.66. The van der Waals surface area contributed by atoms with Crippen LogP contribution >= 0.6 is 0 Å². The van der Waals surface area contributed by atoms with Crippen molar-refractivity contribution in [3.05, 3.63) is 42.0 Å². The van der Waals surface area contributed by atoms with Gasteiger partial charge in [-0.05, 0) is 24.6 Å². The average Bonchev–Trinajstić information content (AvgIpc) is 2.67. The van der Waals surface area contributed by atoms with Gasteiger partial charge in [0.2, 0.25) is 0 Å². The first-order valence-electron chi connectivity index (χ1n) is 4.50. The highest BCUT2D eigenvalue weighted by molar-refractivity contribution is 5.34. The molecule has 3 nitrogen and oxygen atoms in total. The van der Waals surface area contributed by atoms with Gasteiger partial charge in [-0.25, -0.2) is 0 Å². The smallest absolute Gasteiger partial charge is 0.109 e. The highest BCUT2D eigenvalue weighted by Gasteiger charge is 2.31. The van der Waals surface area contributed by atoms with E-state index in [1.165, 1.54) is 0 Å². The number of rotatable bonds is 1. The third-order valence-corrected chi connectivity index (χ3v) is 2.51. The second kappa shape index (κ2) is 3.41. The number of benzene rings is 1. The van der Waals surface area contributed by atoms with Crippen LogP contribution in [-0.2, 0) is 10.4 Å². The number of hydrogen-bond acceptors (Lipinski definition) is 3. The zero-order valence-electron chi connectivity index (χ0n) is 7.95. The van der Waals surface area contributed by atoms with Crippen LogP contribution in [0, 0.1) is 17.9 Å². The van der Waals surface area contributed by atoms with Gasteiger partial charge in [-0.2, -0.15) is 10.7 Å². The first-order valence-corrected chi connectivity index (χ1v) is 4.50. The number of nitriles is 1. The average molecular weight is 187 g/mol. The Balaban J connectivity index is 2.29. The summed E-state index contributed by atoms with van der Waals surface area (Å²) in [5.74, 6) is 0. The zero-order valence-corrected chi connectivity index (χ0v) is 7.95. The lowest BCUT2D eigenvalue weighted by Gasteiger charge is -2.22. The van der Waals surface area contributed by atoms with Gasteiger partial charge in [-0.15, -0.1) is 0 Å². The van der Waals surface area contributed by atoms with E-state index in [0.717, 1.165) is 12.0 Å². The maximum Gasteiger partial charge on any atom is 0.109 e. The van der Waals surface area contributed by atoms with Gasteiger partial charge in [-0.1, -0.05) is 12.1 Å². The van der Waals surface area contributed by atoms with Gasteiger partial charge in [0.05, 0.1) is 17.2 Å². The fraction of sp³-hybridized carbons (Fsp3) is 0.273. The summed E-state index contributed by atoms with van der Waals surface area (Å²) in [6.07, 6.45) is 0.832. The van der Waals surface area contributed by atoms with Crippen LogP contribution in [0.25, 0.3) is 0 Å². The Kier molecular flexibility index (Phi) is 2.24. The van der Waals surface area contributed by atoms with Crippen molar-refractivity contribution in [1.29, 1.82) is 5.26 Å². The number of hydrogen-bond donors (Lipinski definition) is 1. The lowest BCUT2D eigenvalue weighted by atomic mass is 9.90. The number of hydroxylamine groups is 1. The molecule has 1 aromatic rings. The summed E-state index contributed by atoms with van der Waals surface area (Å²) < 4.78 is 0. The quantitative estimate of drug-likeness (QED) is 0.729. The van der Waals surface area contributed by atoms with Gasteiger partial charge in [-0.3, -0.25) is 4.84 Å². The van der Waals surface area contributed by atoms with Crippen LogP contribution in [0.4, 0.5) is 0 Å². The van der Waals surface area contributed by atoms with E-state index in [0.29, 0.717) is 5.56 Å². The molecule has 1 unspecified atom stereocenters. The molecule has 3 heteroatoms. The molecular weight excluding hydrogens is 176 g/mol. The van der Waals surface area contributed by atoms with Gasteiger partial charge >= 0.3 is 0 Å². The van der Waals surface area contributed by atoms with Crippen molar-refractivity contribution in [2.24, 2.45) is 0 Å². The van der Waals surface area contributed by atoms with E-state index in [1.807, 2.05) is 24.3 Å². The molecule has 0 spiro atoms. The van der Waals surface area contributed by atoms with E-state index in [1.54, 1.807) is 6.61 Å². The number of nitrogens with zero attached hydrogens (tertiary/aromatic N) is 1. The minimum Gasteiger partial charge on any atom is -0.295 e. The fourth-order valence-corrected chi connectivity index (χ4v) is 1.51. The number of nitrogens with one attached hydrogen (secondary N) is 1. The normalized spacial score (nSPS) is 26.0. The minimum absolute atomic E-state index is 0.159. The molecule has 0 aliphatic carbocycles. The molecule has 0 saturated carbocycles. The Labute approximate surface area is 83.3 Å². The third kappa shape index (κ3) is 1.50. The molecule has 2 rings (SSSR count). The summed E-state index contributed by atoms with van der Waals surface area (Å²) in [5.41, 5.74) is 4.60. The second-order valence-corrected chi connectivity index (χ2v) is 3.61. The molecule has 0 bridgehead atoms. The van der Waals surface area contributed by atoms with Crippen LogP contribution in [-0.4, -0.2) is 0 Å². The van der Waals surface area contributed by atoms with Crippen molar-refractivity contribution in [2.45, 2.75) is 18.9 Å². The molecule has 1 aliphatic rings. The van der Waals surface area contributed by atoms with Crippen molar-refractivity contribution in [3.8, 4) is 6.07 Å². The van der Waals surface area contributed by atoms with Crippen molar-refractivity contribution in [2.75, 3.05) is 0 Å². The third-order valence-electron chi connectivity index (χ3n) is 2.51. The molecular formula is C11H11N2O. The van der Waals surface area contributed by atoms with Crippen molar-refractivity contribution < 1.29 is 4.84 Å². The van der Waals surface area contributed by atoms with Crippen LogP contribution < -0.4 is 5.48 Å². The highest BCUT2D eigenvalue weighted by Crippen LogP contribution is 2.30. The van der Waals surface area contributed by atoms with E-state index in [2.05, 4.69) is 18.5 Å². The highest BCUT2D eigenvalue weighted by atomic mass is 16.7. The van der Waals surface area contributed by atoms with E-state index in [9.17, 15) is 0 Å². The van der Waals surface area contributed by atoms with Crippen LogP contribution in [0.15, 0.2) is 24.3 Å². The molecule has 1 aromatic carbocycles. The Hall–Kier alpha value is -1.37. The van der Waals surface area contributed by atoms with E-state index < -0.39 is 0 Å². The standard InChI is InChI=1S/C11H11N2O/c1-11(6-7-14-13-11)10-4-2-9(8-12)3-5-10/h2-5,7,13H,6H2,1H3. The molecule has 1 fully saturated rings. The van der Waals surface area contributed by atoms with Gasteiger partial charge in [0.25, 0.3) is 0 Å². The van der Waals surface area contributed by atoms with Crippen LogP contribution in [0.1, 0.15) is 24.5 Å².